The Balaban J connectivity index is 4.79. The van der Waals surface area contributed by atoms with Crippen LogP contribution in [0.15, 0.2) is 109 Å². The first-order valence-electron chi connectivity index (χ1n) is 25.2. The first-order valence-corrected chi connectivity index (χ1v) is 25.2. The molecule has 3 N–H and O–H groups in total. The van der Waals surface area contributed by atoms with Gasteiger partial charge in [0.05, 0.1) is 25.2 Å². The second-order valence-corrected chi connectivity index (χ2v) is 16.6. The van der Waals surface area contributed by atoms with Crippen molar-refractivity contribution < 1.29 is 24.5 Å². The van der Waals surface area contributed by atoms with Gasteiger partial charge in [-0.2, -0.15) is 0 Å². The van der Waals surface area contributed by atoms with Crippen molar-refractivity contribution in [3.63, 3.8) is 0 Å². The molecule has 3 atom stereocenters. The summed E-state index contributed by atoms with van der Waals surface area (Å²) in [4.78, 5) is 26.1. The highest BCUT2D eigenvalue weighted by atomic mass is 16.5. The largest absolute Gasteiger partial charge is 0.462 e. The molecule has 0 aliphatic carbocycles. The third-order valence-corrected chi connectivity index (χ3v) is 10.7. The standard InChI is InChI=1S/C56H93NO5/c1-4-7-10-13-16-19-22-24-26-28-30-33-35-38-41-44-47-52(62-56(61)49-46-43-40-37-34-31-29-27-25-23-20-17-14-11-8-5-2)50-55(60)57-53(51-58)54(59)48-45-42-39-36-32-21-18-15-12-9-6-3/h8,10-11,13,16-17,19-20,22,24-28,30-31,33-34,52-54,58-59H,4-7,9,12,14-15,18,21,23,29,32,35-51H2,1-3H3,(H,57,60)/b11-8+,13-10+,19-16+,20-17+,24-22+,27-25+,28-26+,33-30+,34-31+. The molecule has 0 aliphatic rings. The maximum absolute atomic E-state index is 13.2. The number of nitrogens with one attached hydrogen (secondary N) is 1. The predicted octanol–water partition coefficient (Wildman–Crippen LogP) is 15.1. The van der Waals surface area contributed by atoms with Crippen molar-refractivity contribution in [2.24, 2.45) is 0 Å². The van der Waals surface area contributed by atoms with E-state index in [9.17, 15) is 19.8 Å². The number of rotatable bonds is 43. The third kappa shape index (κ3) is 43.2. The number of allylic oxidation sites excluding steroid dienone is 18. The molecule has 0 spiro atoms. The fraction of sp³-hybridized carbons (Fsp3) is 0.643. The SMILES string of the molecule is CC/C=C/C/C=C/C/C=C/C/C=C/CCCCCC(=O)OC(CCCCC/C=C/C=C/C=C/C=C/C=C/CCC)CC(=O)NC(CO)C(O)CCCCCCCCCCCCC. The van der Waals surface area contributed by atoms with E-state index in [1.54, 1.807) is 0 Å². The fourth-order valence-electron chi connectivity index (χ4n) is 6.92. The Morgan fingerprint density at radius 3 is 1.53 bits per heavy atom. The number of amides is 1. The molecular formula is C56H93NO5. The Kier molecular flexibility index (Phi) is 45.8. The van der Waals surface area contributed by atoms with Gasteiger partial charge >= 0.3 is 5.97 Å². The smallest absolute Gasteiger partial charge is 0.306 e. The minimum Gasteiger partial charge on any atom is -0.462 e. The number of aliphatic hydroxyl groups is 2. The number of unbranched alkanes of at least 4 members (excludes halogenated alkanes) is 17. The minimum absolute atomic E-state index is 0.0294. The molecule has 6 nitrogen and oxygen atoms in total. The van der Waals surface area contributed by atoms with Crippen LogP contribution in [0.1, 0.15) is 207 Å². The van der Waals surface area contributed by atoms with E-state index >= 15 is 0 Å². The average Bonchev–Trinajstić information content (AvgIpc) is 3.26. The maximum Gasteiger partial charge on any atom is 0.306 e. The minimum atomic E-state index is -0.811. The topological polar surface area (TPSA) is 95.9 Å². The molecule has 62 heavy (non-hydrogen) atoms. The van der Waals surface area contributed by atoms with Crippen LogP contribution in [-0.4, -0.2) is 46.9 Å². The van der Waals surface area contributed by atoms with Crippen LogP contribution in [-0.2, 0) is 14.3 Å². The Morgan fingerprint density at radius 1 is 0.500 bits per heavy atom. The average molecular weight is 860 g/mol. The van der Waals surface area contributed by atoms with Crippen LogP contribution in [0.3, 0.4) is 0 Å². The van der Waals surface area contributed by atoms with Crippen LogP contribution in [0, 0.1) is 0 Å². The van der Waals surface area contributed by atoms with Gasteiger partial charge in [0, 0.05) is 6.42 Å². The van der Waals surface area contributed by atoms with E-state index in [1.807, 2.05) is 36.5 Å². The highest BCUT2D eigenvalue weighted by Crippen LogP contribution is 2.17. The Labute approximate surface area is 381 Å². The lowest BCUT2D eigenvalue weighted by atomic mass is 10.0. The summed E-state index contributed by atoms with van der Waals surface area (Å²) in [5, 5.41) is 23.7. The Hall–Kier alpha value is -3.48. The monoisotopic (exact) mass is 860 g/mol. The van der Waals surface area contributed by atoms with E-state index in [2.05, 4.69) is 99.0 Å². The Morgan fingerprint density at radius 2 is 0.968 bits per heavy atom. The number of carbonyl (C=O) groups is 2. The van der Waals surface area contributed by atoms with E-state index in [-0.39, 0.29) is 24.9 Å². The Bertz CT molecular complexity index is 1280. The van der Waals surface area contributed by atoms with Gasteiger partial charge in [0.15, 0.2) is 0 Å². The summed E-state index contributed by atoms with van der Waals surface area (Å²) in [5.41, 5.74) is 0. The van der Waals surface area contributed by atoms with E-state index in [0.717, 1.165) is 109 Å². The van der Waals surface area contributed by atoms with Crippen molar-refractivity contribution in [1.82, 2.24) is 5.32 Å². The van der Waals surface area contributed by atoms with Crippen LogP contribution >= 0.6 is 0 Å². The number of hydrogen-bond acceptors (Lipinski definition) is 5. The van der Waals surface area contributed by atoms with Crippen molar-refractivity contribution in [1.29, 1.82) is 0 Å². The van der Waals surface area contributed by atoms with Gasteiger partial charge in [-0.05, 0) is 83.5 Å². The summed E-state index contributed by atoms with van der Waals surface area (Å²) in [6.45, 7) is 6.24. The molecule has 6 heteroatoms. The lowest BCUT2D eigenvalue weighted by Crippen LogP contribution is -2.46. The lowest BCUT2D eigenvalue weighted by molar-refractivity contribution is -0.151. The molecule has 0 fully saturated rings. The lowest BCUT2D eigenvalue weighted by Gasteiger charge is -2.24. The van der Waals surface area contributed by atoms with E-state index < -0.39 is 18.2 Å². The van der Waals surface area contributed by atoms with Crippen molar-refractivity contribution in [3.05, 3.63) is 109 Å². The van der Waals surface area contributed by atoms with E-state index in [4.69, 9.17) is 4.74 Å². The summed E-state index contributed by atoms with van der Waals surface area (Å²) >= 11 is 0. The molecule has 0 aromatic heterocycles. The normalized spacial score (nSPS) is 14.2. The first kappa shape index (κ1) is 58.5. The highest BCUT2D eigenvalue weighted by molar-refractivity contribution is 5.77. The van der Waals surface area contributed by atoms with Gasteiger partial charge in [0.2, 0.25) is 5.91 Å². The number of aliphatic hydroxyl groups excluding tert-OH is 2. The molecule has 0 radical (unpaired) electrons. The van der Waals surface area contributed by atoms with Gasteiger partial charge in [-0.25, -0.2) is 0 Å². The van der Waals surface area contributed by atoms with Gasteiger partial charge in [-0.15, -0.1) is 0 Å². The molecule has 0 saturated heterocycles. The summed E-state index contributed by atoms with van der Waals surface area (Å²) in [5.74, 6) is -0.564. The second-order valence-electron chi connectivity index (χ2n) is 16.6. The van der Waals surface area contributed by atoms with Crippen LogP contribution < -0.4 is 5.32 Å². The molecule has 0 aromatic rings. The second kappa shape index (κ2) is 48.6. The molecule has 0 saturated carbocycles. The third-order valence-electron chi connectivity index (χ3n) is 10.7. The molecular weight excluding hydrogens is 767 g/mol. The van der Waals surface area contributed by atoms with Crippen LogP contribution in [0.4, 0.5) is 0 Å². The molecule has 0 bridgehead atoms. The van der Waals surface area contributed by atoms with Crippen LogP contribution in [0.5, 0.6) is 0 Å². The van der Waals surface area contributed by atoms with Gasteiger partial charge in [0.1, 0.15) is 6.10 Å². The molecule has 3 unspecified atom stereocenters. The predicted molar refractivity (Wildman–Crippen MR) is 268 cm³/mol. The first-order chi connectivity index (χ1) is 30.5. The molecule has 352 valence electrons. The van der Waals surface area contributed by atoms with E-state index in [1.165, 1.54) is 51.4 Å². The maximum atomic E-state index is 13.2. The molecule has 0 aliphatic heterocycles. The fourth-order valence-corrected chi connectivity index (χ4v) is 6.92. The van der Waals surface area contributed by atoms with Gasteiger partial charge < -0.3 is 20.3 Å². The molecule has 0 heterocycles. The van der Waals surface area contributed by atoms with Gasteiger partial charge in [-0.1, -0.05) is 220 Å². The highest BCUT2D eigenvalue weighted by Gasteiger charge is 2.24. The van der Waals surface area contributed by atoms with Crippen molar-refractivity contribution in [2.45, 2.75) is 225 Å². The van der Waals surface area contributed by atoms with Crippen molar-refractivity contribution >= 4 is 11.9 Å². The molecule has 0 rings (SSSR count). The zero-order chi connectivity index (χ0) is 45.2. The van der Waals surface area contributed by atoms with Gasteiger partial charge in [-0.3, -0.25) is 9.59 Å². The van der Waals surface area contributed by atoms with E-state index in [0.29, 0.717) is 19.3 Å². The zero-order valence-corrected chi connectivity index (χ0v) is 40.0. The number of hydrogen-bond donors (Lipinski definition) is 3. The quantitative estimate of drug-likeness (QED) is 0.0246. The van der Waals surface area contributed by atoms with Crippen molar-refractivity contribution in [2.75, 3.05) is 6.61 Å². The van der Waals surface area contributed by atoms with Gasteiger partial charge in [0.25, 0.3) is 0 Å². The molecule has 1 amide bonds. The number of ether oxygens (including phenoxy) is 1. The summed E-state index contributed by atoms with van der Waals surface area (Å²) in [6, 6.07) is -0.729. The van der Waals surface area contributed by atoms with Crippen LogP contribution in [0.25, 0.3) is 0 Å². The number of carbonyl (C=O) groups excluding carboxylic acids is 2. The summed E-state index contributed by atoms with van der Waals surface area (Å²) in [7, 11) is 0. The van der Waals surface area contributed by atoms with Crippen molar-refractivity contribution in [3.8, 4) is 0 Å². The molecule has 0 aromatic carbocycles. The number of esters is 1. The zero-order valence-electron chi connectivity index (χ0n) is 40.0. The summed E-state index contributed by atoms with van der Waals surface area (Å²) in [6.07, 6.45) is 65.7. The summed E-state index contributed by atoms with van der Waals surface area (Å²) < 4.78 is 5.90. The van der Waals surface area contributed by atoms with Crippen LogP contribution in [0.2, 0.25) is 0 Å².